The number of aromatic hydroxyl groups is 1. The van der Waals surface area contributed by atoms with Gasteiger partial charge in [0.2, 0.25) is 5.91 Å². The summed E-state index contributed by atoms with van der Waals surface area (Å²) in [6, 6.07) is 1.71. The minimum atomic E-state index is 0.0339. The highest BCUT2D eigenvalue weighted by atomic mass is 35.5. The Bertz CT molecular complexity index is 769. The lowest BCUT2D eigenvalue weighted by atomic mass is 10.0. The van der Waals surface area contributed by atoms with Crippen LogP contribution in [0.1, 0.15) is 37.3 Å². The fourth-order valence-corrected chi connectivity index (χ4v) is 4.13. The maximum Gasteiger partial charge on any atom is 0.227 e. The van der Waals surface area contributed by atoms with Crippen molar-refractivity contribution in [3.05, 3.63) is 22.6 Å². The van der Waals surface area contributed by atoms with Gasteiger partial charge >= 0.3 is 0 Å². The van der Waals surface area contributed by atoms with Crippen LogP contribution >= 0.6 is 22.9 Å². The van der Waals surface area contributed by atoms with Gasteiger partial charge in [-0.3, -0.25) is 4.79 Å². The highest BCUT2D eigenvalue weighted by Crippen LogP contribution is 2.43. The first-order valence-corrected chi connectivity index (χ1v) is 9.53. The summed E-state index contributed by atoms with van der Waals surface area (Å²) in [6.07, 6.45) is 3.70. The van der Waals surface area contributed by atoms with Gasteiger partial charge in [0, 0.05) is 37.2 Å². The predicted octanol–water partition coefficient (Wildman–Crippen LogP) is 4.42. The van der Waals surface area contributed by atoms with Gasteiger partial charge in [-0.2, -0.15) is 0 Å². The van der Waals surface area contributed by atoms with Crippen LogP contribution in [0.15, 0.2) is 11.4 Å². The SMILES string of the molecule is CC(=O)CCCC(=O)N1CCc2c1cc(O)c1scc(C)c21.CCl. The molecule has 24 heavy (non-hydrogen) atoms. The van der Waals surface area contributed by atoms with E-state index in [4.69, 9.17) is 0 Å². The van der Waals surface area contributed by atoms with Gasteiger partial charge in [-0.25, -0.2) is 0 Å². The van der Waals surface area contributed by atoms with E-state index in [-0.39, 0.29) is 17.4 Å². The van der Waals surface area contributed by atoms with Crippen molar-refractivity contribution in [3.8, 4) is 5.75 Å². The zero-order chi connectivity index (χ0) is 17.9. The van der Waals surface area contributed by atoms with Crippen LogP contribution in [0.25, 0.3) is 10.1 Å². The number of thiophene rings is 1. The molecular formula is C18H22ClNO3S. The van der Waals surface area contributed by atoms with Crippen molar-refractivity contribution in [3.63, 3.8) is 0 Å². The Morgan fingerprint density at radius 1 is 1.33 bits per heavy atom. The van der Waals surface area contributed by atoms with Gasteiger partial charge in [0.1, 0.15) is 11.5 Å². The van der Waals surface area contributed by atoms with Crippen molar-refractivity contribution in [2.75, 3.05) is 17.8 Å². The van der Waals surface area contributed by atoms with E-state index in [1.165, 1.54) is 6.38 Å². The number of phenols is 1. The molecule has 2 heterocycles. The van der Waals surface area contributed by atoms with Crippen LogP contribution in [-0.2, 0) is 16.0 Å². The number of Topliss-reactive ketones (excluding diaryl/α,β-unsaturated/α-hetero) is 1. The summed E-state index contributed by atoms with van der Waals surface area (Å²) in [7, 11) is 0. The second-order valence-corrected chi connectivity index (χ2v) is 6.75. The molecule has 4 nitrogen and oxygen atoms in total. The summed E-state index contributed by atoms with van der Waals surface area (Å²) >= 11 is 6.18. The first-order valence-electron chi connectivity index (χ1n) is 7.89. The second kappa shape index (κ2) is 7.99. The average molecular weight is 368 g/mol. The third kappa shape index (κ3) is 3.57. The third-order valence-corrected chi connectivity index (χ3v) is 5.31. The lowest BCUT2D eigenvalue weighted by Gasteiger charge is -2.18. The molecule has 0 unspecified atom stereocenters. The molecule has 1 aromatic carbocycles. The Hall–Kier alpha value is -1.59. The third-order valence-electron chi connectivity index (χ3n) is 4.19. The number of alkyl halides is 1. The fraction of sp³-hybridized carbons (Fsp3) is 0.444. The summed E-state index contributed by atoms with van der Waals surface area (Å²) in [5.41, 5.74) is 3.14. The first-order chi connectivity index (χ1) is 11.5. The molecule has 0 fully saturated rings. The van der Waals surface area contributed by atoms with E-state index < -0.39 is 0 Å². The largest absolute Gasteiger partial charge is 0.506 e. The molecule has 1 aliphatic heterocycles. The Labute approximate surface area is 151 Å². The summed E-state index contributed by atoms with van der Waals surface area (Å²) < 4.78 is 0.905. The van der Waals surface area contributed by atoms with Crippen molar-refractivity contribution < 1.29 is 14.7 Å². The monoisotopic (exact) mass is 367 g/mol. The van der Waals surface area contributed by atoms with E-state index in [0.29, 0.717) is 25.8 Å². The quantitative estimate of drug-likeness (QED) is 0.814. The molecule has 0 saturated carbocycles. The van der Waals surface area contributed by atoms with Crippen molar-refractivity contribution in [2.24, 2.45) is 0 Å². The molecule has 0 radical (unpaired) electrons. The zero-order valence-electron chi connectivity index (χ0n) is 14.2. The fourth-order valence-electron chi connectivity index (χ4n) is 3.14. The van der Waals surface area contributed by atoms with Gasteiger partial charge in [0.15, 0.2) is 0 Å². The maximum atomic E-state index is 12.4. The number of rotatable bonds is 4. The smallest absolute Gasteiger partial charge is 0.227 e. The van der Waals surface area contributed by atoms with Gasteiger partial charge in [-0.15, -0.1) is 22.9 Å². The number of phenolic OH excluding ortho intramolecular Hbond substituents is 1. The van der Waals surface area contributed by atoms with Crippen LogP contribution in [0.5, 0.6) is 5.75 Å². The van der Waals surface area contributed by atoms with Gasteiger partial charge in [0.25, 0.3) is 0 Å². The molecule has 0 aliphatic carbocycles. The van der Waals surface area contributed by atoms with Gasteiger partial charge < -0.3 is 14.8 Å². The van der Waals surface area contributed by atoms with Crippen molar-refractivity contribution in [2.45, 2.75) is 39.5 Å². The number of benzene rings is 1. The first kappa shape index (κ1) is 18.7. The van der Waals surface area contributed by atoms with Crippen LogP contribution in [0.4, 0.5) is 5.69 Å². The van der Waals surface area contributed by atoms with Crippen molar-refractivity contribution in [1.82, 2.24) is 0 Å². The summed E-state index contributed by atoms with van der Waals surface area (Å²) in [5.74, 6) is 0.393. The lowest BCUT2D eigenvalue weighted by molar-refractivity contribution is -0.119. The number of carbonyl (C=O) groups excluding carboxylic acids is 2. The highest BCUT2D eigenvalue weighted by Gasteiger charge is 2.28. The Kier molecular flexibility index (Phi) is 6.24. The van der Waals surface area contributed by atoms with Crippen LogP contribution in [0.3, 0.4) is 0 Å². The molecule has 130 valence electrons. The molecule has 1 aliphatic rings. The van der Waals surface area contributed by atoms with Gasteiger partial charge in [0.05, 0.1) is 10.4 Å². The number of carbonyl (C=O) groups is 2. The minimum absolute atomic E-state index is 0.0339. The van der Waals surface area contributed by atoms with Gasteiger partial charge in [-0.05, 0) is 43.2 Å². The molecule has 3 rings (SSSR count). The van der Waals surface area contributed by atoms with E-state index in [9.17, 15) is 14.7 Å². The summed E-state index contributed by atoms with van der Waals surface area (Å²) in [4.78, 5) is 25.1. The Morgan fingerprint density at radius 3 is 2.71 bits per heavy atom. The summed E-state index contributed by atoms with van der Waals surface area (Å²) in [6.45, 7) is 4.24. The number of hydrogen-bond acceptors (Lipinski definition) is 4. The standard InChI is InChI=1S/C17H19NO3S.CH3Cl/c1-10-9-22-17-14(20)8-13-12(16(10)17)6-7-18(13)15(21)5-3-4-11(2)19;1-2/h8-9,20H,3-7H2,1-2H3;1H3. The van der Waals surface area contributed by atoms with Crippen molar-refractivity contribution in [1.29, 1.82) is 0 Å². The molecule has 1 N–H and O–H groups in total. The Balaban J connectivity index is 0.00000100. The molecule has 1 amide bonds. The lowest BCUT2D eigenvalue weighted by Crippen LogP contribution is -2.28. The highest BCUT2D eigenvalue weighted by molar-refractivity contribution is 7.17. The number of fused-ring (bicyclic) bond motifs is 3. The predicted molar refractivity (Wildman–Crippen MR) is 101 cm³/mol. The number of ketones is 1. The van der Waals surface area contributed by atoms with Crippen molar-refractivity contribution >= 4 is 50.4 Å². The molecule has 2 aromatic rings. The van der Waals surface area contributed by atoms with E-state index in [0.717, 1.165) is 33.3 Å². The molecular weight excluding hydrogens is 346 g/mol. The Morgan fingerprint density at radius 2 is 2.04 bits per heavy atom. The number of amides is 1. The number of hydrogen-bond donors (Lipinski definition) is 1. The van der Waals surface area contributed by atoms with E-state index in [1.54, 1.807) is 29.2 Å². The topological polar surface area (TPSA) is 57.6 Å². The van der Waals surface area contributed by atoms with Gasteiger partial charge in [-0.1, -0.05) is 0 Å². The molecule has 0 spiro atoms. The molecule has 0 atom stereocenters. The summed E-state index contributed by atoms with van der Waals surface area (Å²) in [5, 5.41) is 13.4. The molecule has 0 saturated heterocycles. The van der Waals surface area contributed by atoms with E-state index >= 15 is 0 Å². The average Bonchev–Trinajstić information content (AvgIpc) is 3.13. The minimum Gasteiger partial charge on any atom is -0.506 e. The number of halogens is 1. The zero-order valence-corrected chi connectivity index (χ0v) is 15.8. The molecule has 1 aromatic heterocycles. The second-order valence-electron chi connectivity index (χ2n) is 5.87. The number of nitrogens with zero attached hydrogens (tertiary/aromatic N) is 1. The maximum absolute atomic E-state index is 12.4. The van der Waals surface area contributed by atoms with Crippen LogP contribution in [0.2, 0.25) is 0 Å². The molecule has 0 bridgehead atoms. The van der Waals surface area contributed by atoms with Crippen LogP contribution < -0.4 is 4.90 Å². The normalized spacial score (nSPS) is 12.8. The van der Waals surface area contributed by atoms with E-state index in [2.05, 4.69) is 11.6 Å². The molecule has 6 heteroatoms. The van der Waals surface area contributed by atoms with E-state index in [1.807, 2.05) is 12.3 Å². The van der Waals surface area contributed by atoms with Crippen LogP contribution in [0, 0.1) is 6.92 Å². The number of aryl methyl sites for hydroxylation is 1. The van der Waals surface area contributed by atoms with Crippen LogP contribution in [-0.4, -0.2) is 29.7 Å². The number of anilines is 1.